The van der Waals surface area contributed by atoms with E-state index in [9.17, 15) is 21.0 Å². The van der Waals surface area contributed by atoms with E-state index in [1.54, 1.807) is 0 Å². The predicted octanol–water partition coefficient (Wildman–Crippen LogP) is 8.58. The summed E-state index contributed by atoms with van der Waals surface area (Å²) in [5.74, 6) is 0. The van der Waals surface area contributed by atoms with Crippen molar-refractivity contribution in [3.63, 3.8) is 0 Å². The Bertz CT molecular complexity index is 1690. The van der Waals surface area contributed by atoms with Crippen LogP contribution >= 0.6 is 0 Å². The summed E-state index contributed by atoms with van der Waals surface area (Å²) in [6, 6.07) is 44.9. The Morgan fingerprint density at radius 3 is 1.16 bits per heavy atom. The summed E-state index contributed by atoms with van der Waals surface area (Å²) in [4.78, 5) is 0. The van der Waals surface area contributed by atoms with Gasteiger partial charge in [0.2, 0.25) is 0 Å². The van der Waals surface area contributed by atoms with Crippen molar-refractivity contribution >= 4 is 11.1 Å². The predicted molar refractivity (Wildman–Crippen MR) is 173 cm³/mol. The molecule has 212 valence electrons. The zero-order valence-electron chi connectivity index (χ0n) is 24.6. The molecule has 0 radical (unpaired) electrons. The average molecular weight is 569 g/mol. The topological polar surface area (TPSA) is 95.2 Å². The highest BCUT2D eigenvalue weighted by Crippen LogP contribution is 2.43. The molecule has 4 aromatic rings. The summed E-state index contributed by atoms with van der Waals surface area (Å²) in [5.41, 5.74) is 6.04. The molecule has 0 N–H and O–H groups in total. The fourth-order valence-corrected chi connectivity index (χ4v) is 6.22. The van der Waals surface area contributed by atoms with Crippen LogP contribution in [-0.2, 0) is 25.7 Å². The van der Waals surface area contributed by atoms with E-state index in [4.69, 9.17) is 0 Å². The van der Waals surface area contributed by atoms with E-state index in [1.807, 2.05) is 97.1 Å². The monoisotopic (exact) mass is 568 g/mol. The molecule has 2 aliphatic rings. The van der Waals surface area contributed by atoms with Gasteiger partial charge in [-0.25, -0.2) is 0 Å². The lowest BCUT2D eigenvalue weighted by atomic mass is 9.71. The van der Waals surface area contributed by atoms with Crippen molar-refractivity contribution in [2.75, 3.05) is 0 Å². The first-order chi connectivity index (χ1) is 21.6. The molecule has 44 heavy (non-hydrogen) atoms. The molecule has 4 nitrogen and oxygen atoms in total. The fraction of sp³-hybridized carbons (Fsp3) is 0.200. The van der Waals surface area contributed by atoms with Crippen LogP contribution in [0, 0.1) is 56.2 Å². The van der Waals surface area contributed by atoms with Gasteiger partial charge in [-0.2, -0.15) is 21.0 Å². The van der Waals surface area contributed by atoms with Gasteiger partial charge in [0.25, 0.3) is 0 Å². The Labute approximate surface area is 260 Å². The highest BCUT2D eigenvalue weighted by Gasteiger charge is 2.38. The summed E-state index contributed by atoms with van der Waals surface area (Å²) in [6.07, 6.45) is 8.67. The normalized spacial score (nSPS) is 13.5. The molecule has 0 spiro atoms. The molecule has 4 aromatic carbocycles. The van der Waals surface area contributed by atoms with E-state index in [2.05, 4.69) is 48.6 Å². The minimum atomic E-state index is -1.13. The first-order valence-electron chi connectivity index (χ1n) is 14.9. The highest BCUT2D eigenvalue weighted by molar-refractivity contribution is 5.80. The molecule has 0 aromatic heterocycles. The van der Waals surface area contributed by atoms with Crippen LogP contribution in [0.5, 0.6) is 0 Å². The first kappa shape index (κ1) is 29.8. The Morgan fingerprint density at radius 2 is 0.795 bits per heavy atom. The zero-order chi connectivity index (χ0) is 30.8. The van der Waals surface area contributed by atoms with Gasteiger partial charge in [0, 0.05) is 12.8 Å². The third-order valence-electron chi connectivity index (χ3n) is 8.45. The van der Waals surface area contributed by atoms with Gasteiger partial charge in [0.05, 0.1) is 24.3 Å². The molecule has 0 aliphatic heterocycles. The van der Waals surface area contributed by atoms with Crippen LogP contribution in [0.4, 0.5) is 0 Å². The number of nitriles is 4. The molecule has 0 fully saturated rings. The Morgan fingerprint density at radius 1 is 0.455 bits per heavy atom. The van der Waals surface area contributed by atoms with Gasteiger partial charge in [-0.1, -0.05) is 121 Å². The van der Waals surface area contributed by atoms with E-state index in [-0.39, 0.29) is 0 Å². The molecule has 6 rings (SSSR count). The van der Waals surface area contributed by atoms with Crippen LogP contribution in [0.25, 0.3) is 11.1 Å². The Hall–Kier alpha value is -5.68. The lowest BCUT2D eigenvalue weighted by molar-refractivity contribution is 0.670. The number of nitrogens with zero attached hydrogens (tertiary/aromatic N) is 4. The molecule has 0 bridgehead atoms. The summed E-state index contributed by atoms with van der Waals surface area (Å²) >= 11 is 0. The lowest BCUT2D eigenvalue weighted by Crippen LogP contribution is -2.24. The molecule has 0 atom stereocenters. The number of rotatable bonds is 6. The van der Waals surface area contributed by atoms with Crippen molar-refractivity contribution in [3.8, 4) is 24.3 Å². The van der Waals surface area contributed by atoms with E-state index < -0.39 is 10.8 Å². The van der Waals surface area contributed by atoms with Crippen molar-refractivity contribution in [3.05, 3.63) is 155 Å². The van der Waals surface area contributed by atoms with Gasteiger partial charge in [0.15, 0.2) is 10.8 Å². The largest absolute Gasteiger partial charge is 0.196 e. The number of hydrogen-bond acceptors (Lipinski definition) is 4. The van der Waals surface area contributed by atoms with E-state index in [0.29, 0.717) is 12.8 Å². The van der Waals surface area contributed by atoms with Gasteiger partial charge in [-0.3, -0.25) is 0 Å². The number of hydrogen-bond donors (Lipinski definition) is 0. The quantitative estimate of drug-likeness (QED) is 0.233. The molecule has 0 saturated carbocycles. The lowest BCUT2D eigenvalue weighted by Gasteiger charge is -2.27. The van der Waals surface area contributed by atoms with Crippen molar-refractivity contribution < 1.29 is 0 Å². The summed E-state index contributed by atoms with van der Waals surface area (Å²) < 4.78 is 0. The van der Waals surface area contributed by atoms with Gasteiger partial charge in [0.1, 0.15) is 0 Å². The van der Waals surface area contributed by atoms with E-state index in [1.165, 1.54) is 11.1 Å². The highest BCUT2D eigenvalue weighted by atomic mass is 14.5. The van der Waals surface area contributed by atoms with Gasteiger partial charge in [-0.15, -0.1) is 0 Å². The maximum absolute atomic E-state index is 9.80. The average Bonchev–Trinajstić information content (AvgIpc) is 3.10. The molecule has 4 heteroatoms. The minimum Gasteiger partial charge on any atom is -0.196 e. The van der Waals surface area contributed by atoms with Crippen LogP contribution in [0.1, 0.15) is 46.2 Å². The van der Waals surface area contributed by atoms with Crippen molar-refractivity contribution in [1.82, 2.24) is 0 Å². The van der Waals surface area contributed by atoms with Gasteiger partial charge >= 0.3 is 0 Å². The second-order valence-corrected chi connectivity index (χ2v) is 11.2. The summed E-state index contributed by atoms with van der Waals surface area (Å²) in [7, 11) is 0. The van der Waals surface area contributed by atoms with Crippen molar-refractivity contribution in [1.29, 1.82) is 21.0 Å². The van der Waals surface area contributed by atoms with Gasteiger partial charge in [-0.05, 0) is 70.2 Å². The van der Waals surface area contributed by atoms with Crippen molar-refractivity contribution in [2.24, 2.45) is 10.8 Å². The number of allylic oxidation sites excluding steroid dienone is 4. The number of fused-ring (bicyclic) bond motifs is 2. The number of aryl methyl sites for hydroxylation is 2. The molecule has 0 saturated heterocycles. The molecule has 0 heterocycles. The molecule has 2 aliphatic carbocycles. The fourth-order valence-electron chi connectivity index (χ4n) is 6.22. The SMILES string of the molecule is N#CC(C#N)(Cc1ccccc1)C1=CCCc2ccccc21.N#CC(C#N)(Cc1ccccc1)C1=CCCc2ccccc21. The van der Waals surface area contributed by atoms with E-state index >= 15 is 0 Å². The second-order valence-electron chi connectivity index (χ2n) is 11.2. The second kappa shape index (κ2) is 13.5. The third kappa shape index (κ3) is 6.08. The van der Waals surface area contributed by atoms with Gasteiger partial charge < -0.3 is 0 Å². The zero-order valence-corrected chi connectivity index (χ0v) is 24.6. The molecule has 0 unspecified atom stereocenters. The maximum atomic E-state index is 9.80. The third-order valence-corrected chi connectivity index (χ3v) is 8.45. The van der Waals surface area contributed by atoms with E-state index in [0.717, 1.165) is 59.1 Å². The number of benzene rings is 4. The Balaban J connectivity index is 0.000000175. The molecule has 0 amide bonds. The van der Waals surface area contributed by atoms with Crippen molar-refractivity contribution in [2.45, 2.75) is 38.5 Å². The minimum absolute atomic E-state index is 0.418. The van der Waals surface area contributed by atoms with Crippen LogP contribution in [0.15, 0.2) is 121 Å². The summed E-state index contributed by atoms with van der Waals surface area (Å²) in [5, 5.41) is 39.2. The summed E-state index contributed by atoms with van der Waals surface area (Å²) in [6.45, 7) is 0. The molecular weight excluding hydrogens is 536 g/mol. The smallest absolute Gasteiger partial charge is 0.172 e. The van der Waals surface area contributed by atoms with Crippen LogP contribution < -0.4 is 0 Å². The van der Waals surface area contributed by atoms with Crippen LogP contribution in [0.2, 0.25) is 0 Å². The van der Waals surface area contributed by atoms with Crippen LogP contribution in [-0.4, -0.2) is 0 Å². The first-order valence-corrected chi connectivity index (χ1v) is 14.9. The molecular formula is C40H32N4. The standard InChI is InChI=1S/2C20H16N2/c2*21-14-20(15-22,13-16-7-2-1-3-8-16)19-12-6-10-17-9-4-5-11-18(17)19/h2*1-5,7-9,11-12H,6,10,13H2. The van der Waals surface area contributed by atoms with Crippen LogP contribution in [0.3, 0.4) is 0 Å². The maximum Gasteiger partial charge on any atom is 0.172 e. The Kier molecular flexibility index (Phi) is 9.16.